The highest BCUT2D eigenvalue weighted by Crippen LogP contribution is 2.00. The van der Waals surface area contributed by atoms with Crippen LogP contribution in [-0.4, -0.2) is 57.1 Å². The molecule has 0 amide bonds. The van der Waals surface area contributed by atoms with Crippen molar-refractivity contribution in [2.24, 2.45) is 0 Å². The van der Waals surface area contributed by atoms with Gasteiger partial charge in [-0.2, -0.15) is 0 Å². The van der Waals surface area contributed by atoms with Crippen LogP contribution in [0.2, 0.25) is 0 Å². The van der Waals surface area contributed by atoms with Crippen molar-refractivity contribution in [3.63, 3.8) is 0 Å². The number of carboxylic acids is 1. The number of hydrogen-bond acceptors (Lipinski definition) is 7. The van der Waals surface area contributed by atoms with Crippen LogP contribution in [0.4, 0.5) is 0 Å². The fraction of sp³-hybridized carbons (Fsp3) is 0.667. The first-order chi connectivity index (χ1) is 5.91. The summed E-state index contributed by atoms with van der Waals surface area (Å²) in [6.45, 7) is -0.904. The number of ketones is 1. The SMILES string of the molecule is O=C([O-])C(=O)[C@H](O)[C@@H](O)[C@H](O)CO. The van der Waals surface area contributed by atoms with Crippen LogP contribution in [0, 0.1) is 0 Å². The van der Waals surface area contributed by atoms with E-state index in [1.165, 1.54) is 0 Å². The minimum Gasteiger partial charge on any atom is -0.542 e. The minimum atomic E-state index is -2.30. The van der Waals surface area contributed by atoms with Gasteiger partial charge in [-0.15, -0.1) is 0 Å². The molecule has 0 heterocycles. The molecule has 0 saturated carbocycles. The molecule has 0 rings (SSSR count). The van der Waals surface area contributed by atoms with Crippen LogP contribution in [0.15, 0.2) is 0 Å². The Labute approximate surface area is 72.9 Å². The molecular weight excluding hydrogens is 184 g/mol. The summed E-state index contributed by atoms with van der Waals surface area (Å²) in [6, 6.07) is 0. The molecule has 0 aliphatic rings. The van der Waals surface area contributed by atoms with Crippen LogP contribution in [0.5, 0.6) is 0 Å². The molecule has 7 nitrogen and oxygen atoms in total. The number of rotatable bonds is 5. The van der Waals surface area contributed by atoms with Crippen molar-refractivity contribution in [2.75, 3.05) is 6.61 Å². The lowest BCUT2D eigenvalue weighted by Crippen LogP contribution is -2.49. The van der Waals surface area contributed by atoms with Gasteiger partial charge in [-0.3, -0.25) is 4.79 Å². The summed E-state index contributed by atoms with van der Waals surface area (Å²) in [5, 5.41) is 44.5. The molecule has 0 aromatic rings. The van der Waals surface area contributed by atoms with Gasteiger partial charge in [0.05, 0.1) is 6.61 Å². The first kappa shape index (κ1) is 12.0. The maximum Gasteiger partial charge on any atom is 0.209 e. The number of Topliss-reactive ketones (excluding diaryl/α,β-unsaturated/α-hetero) is 1. The Bertz CT molecular complexity index is 201. The van der Waals surface area contributed by atoms with Crippen molar-refractivity contribution >= 4 is 11.8 Å². The van der Waals surface area contributed by atoms with Gasteiger partial charge >= 0.3 is 0 Å². The number of aliphatic hydroxyl groups is 4. The number of hydrogen-bond donors (Lipinski definition) is 4. The van der Waals surface area contributed by atoms with Gasteiger partial charge in [0.25, 0.3) is 0 Å². The van der Waals surface area contributed by atoms with Crippen molar-refractivity contribution in [1.29, 1.82) is 0 Å². The second-order valence-corrected chi connectivity index (χ2v) is 2.34. The molecule has 0 aliphatic heterocycles. The summed E-state index contributed by atoms with van der Waals surface area (Å²) in [7, 11) is 0. The molecule has 0 aromatic carbocycles. The third kappa shape index (κ3) is 3.07. The highest BCUT2D eigenvalue weighted by Gasteiger charge is 2.30. The molecular formula is C6H9O7-. The maximum absolute atomic E-state index is 10.4. The van der Waals surface area contributed by atoms with Crippen LogP contribution in [0.25, 0.3) is 0 Å². The lowest BCUT2D eigenvalue weighted by molar-refractivity contribution is -0.301. The van der Waals surface area contributed by atoms with Crippen molar-refractivity contribution < 1.29 is 35.1 Å². The Morgan fingerprint density at radius 2 is 1.69 bits per heavy atom. The van der Waals surface area contributed by atoms with Gasteiger partial charge in [0.1, 0.15) is 24.3 Å². The van der Waals surface area contributed by atoms with Crippen LogP contribution >= 0.6 is 0 Å². The Balaban J connectivity index is 4.33. The van der Waals surface area contributed by atoms with E-state index < -0.39 is 36.7 Å². The second-order valence-electron chi connectivity index (χ2n) is 2.34. The van der Waals surface area contributed by atoms with E-state index in [2.05, 4.69) is 0 Å². The van der Waals surface area contributed by atoms with Crippen molar-refractivity contribution in [2.45, 2.75) is 18.3 Å². The number of carbonyl (C=O) groups is 2. The first-order valence-electron chi connectivity index (χ1n) is 3.32. The van der Waals surface area contributed by atoms with Crippen LogP contribution in [0.3, 0.4) is 0 Å². The van der Waals surface area contributed by atoms with Crippen LogP contribution < -0.4 is 5.11 Å². The predicted molar refractivity (Wildman–Crippen MR) is 35.1 cm³/mol. The first-order valence-corrected chi connectivity index (χ1v) is 3.32. The normalized spacial score (nSPS) is 17.5. The summed E-state index contributed by atoms with van der Waals surface area (Å²) >= 11 is 0. The smallest absolute Gasteiger partial charge is 0.209 e. The van der Waals surface area contributed by atoms with E-state index in [0.29, 0.717) is 0 Å². The average Bonchev–Trinajstić information content (AvgIpc) is 2.12. The molecule has 0 spiro atoms. The van der Waals surface area contributed by atoms with Crippen LogP contribution in [-0.2, 0) is 9.59 Å². The van der Waals surface area contributed by atoms with E-state index in [1.54, 1.807) is 0 Å². The van der Waals surface area contributed by atoms with E-state index in [1.807, 2.05) is 0 Å². The summed E-state index contributed by atoms with van der Waals surface area (Å²) in [5.74, 6) is -3.92. The van der Waals surface area contributed by atoms with Crippen LogP contribution in [0.1, 0.15) is 0 Å². The second kappa shape index (κ2) is 4.87. The molecule has 0 radical (unpaired) electrons. The zero-order valence-electron chi connectivity index (χ0n) is 6.45. The van der Waals surface area contributed by atoms with Gasteiger partial charge in [-0.25, -0.2) is 0 Å². The topological polar surface area (TPSA) is 138 Å². The summed E-state index contributed by atoms with van der Waals surface area (Å²) in [4.78, 5) is 20.3. The molecule has 0 aromatic heterocycles. The van der Waals surface area contributed by atoms with E-state index in [9.17, 15) is 14.7 Å². The number of carbonyl (C=O) groups excluding carboxylic acids is 2. The van der Waals surface area contributed by atoms with Gasteiger partial charge in [0.2, 0.25) is 5.78 Å². The molecule has 76 valence electrons. The third-order valence-electron chi connectivity index (χ3n) is 1.37. The maximum atomic E-state index is 10.4. The Hall–Kier alpha value is -1.02. The van der Waals surface area contributed by atoms with Gasteiger partial charge in [-0.1, -0.05) is 0 Å². The molecule has 0 saturated heterocycles. The number of aliphatic hydroxyl groups excluding tert-OH is 4. The molecule has 0 bridgehead atoms. The third-order valence-corrected chi connectivity index (χ3v) is 1.37. The highest BCUT2D eigenvalue weighted by atomic mass is 16.4. The van der Waals surface area contributed by atoms with Crippen molar-refractivity contribution in [1.82, 2.24) is 0 Å². The minimum absolute atomic E-state index is 0.904. The van der Waals surface area contributed by atoms with Gasteiger partial charge in [0.15, 0.2) is 0 Å². The van der Waals surface area contributed by atoms with E-state index >= 15 is 0 Å². The van der Waals surface area contributed by atoms with Crippen molar-refractivity contribution in [3.05, 3.63) is 0 Å². The Kier molecular flexibility index (Phi) is 4.49. The zero-order valence-corrected chi connectivity index (χ0v) is 6.45. The Morgan fingerprint density at radius 3 is 2.00 bits per heavy atom. The summed E-state index contributed by atoms with van der Waals surface area (Å²) < 4.78 is 0. The molecule has 13 heavy (non-hydrogen) atoms. The molecule has 0 aliphatic carbocycles. The van der Waals surface area contributed by atoms with Gasteiger partial charge < -0.3 is 30.3 Å². The van der Waals surface area contributed by atoms with E-state index in [4.69, 9.17) is 20.4 Å². The molecule has 0 unspecified atom stereocenters. The molecule has 3 atom stereocenters. The fourth-order valence-electron chi connectivity index (χ4n) is 0.594. The average molecular weight is 193 g/mol. The monoisotopic (exact) mass is 193 g/mol. The lowest BCUT2D eigenvalue weighted by Gasteiger charge is -2.20. The quantitative estimate of drug-likeness (QED) is 0.322. The Morgan fingerprint density at radius 1 is 1.23 bits per heavy atom. The van der Waals surface area contributed by atoms with Gasteiger partial charge in [-0.05, 0) is 0 Å². The highest BCUT2D eigenvalue weighted by molar-refractivity contribution is 6.33. The predicted octanol–water partition coefficient (Wildman–Crippen LogP) is -4.62. The zero-order chi connectivity index (χ0) is 10.6. The number of carboxylic acid groups (broad SMARTS) is 1. The van der Waals surface area contributed by atoms with E-state index in [-0.39, 0.29) is 0 Å². The van der Waals surface area contributed by atoms with Crippen molar-refractivity contribution in [3.8, 4) is 0 Å². The van der Waals surface area contributed by atoms with E-state index in [0.717, 1.165) is 0 Å². The lowest BCUT2D eigenvalue weighted by atomic mass is 10.1. The molecule has 4 N–H and O–H groups in total. The fourth-order valence-corrected chi connectivity index (χ4v) is 0.594. The standard InChI is InChI=1S/C6H10O7/c7-1-2(8)3(9)4(10)5(11)6(12)13/h2-4,7-10H,1H2,(H,12,13)/p-1/t2-,3+,4-/m1/s1. The number of aliphatic carboxylic acids is 1. The molecule has 7 heteroatoms. The molecule has 0 fully saturated rings. The summed E-state index contributed by atoms with van der Waals surface area (Å²) in [6.07, 6.45) is -6.12. The largest absolute Gasteiger partial charge is 0.542 e. The van der Waals surface area contributed by atoms with Gasteiger partial charge in [0, 0.05) is 0 Å². The summed E-state index contributed by atoms with van der Waals surface area (Å²) in [5.41, 5.74) is 0.